The molecule has 0 aliphatic rings. The topological polar surface area (TPSA) is 58.1 Å². The molecule has 2 rings (SSSR count). The number of para-hydroxylation sites is 1. The average molecular weight is 320 g/mol. The number of hydrogen-bond donors (Lipinski definition) is 1. The molecule has 0 aliphatic carbocycles. The molecule has 122 valence electrons. The predicted octanol–water partition coefficient (Wildman–Crippen LogP) is 3.37. The Labute approximate surface area is 133 Å². The van der Waals surface area contributed by atoms with Gasteiger partial charge in [0, 0.05) is 26.0 Å². The van der Waals surface area contributed by atoms with Crippen molar-refractivity contribution in [2.45, 2.75) is 19.8 Å². The van der Waals surface area contributed by atoms with Gasteiger partial charge >= 0.3 is 0 Å². The van der Waals surface area contributed by atoms with E-state index < -0.39 is 11.6 Å². The Hall–Kier alpha value is -2.57. The number of rotatable bonds is 6. The van der Waals surface area contributed by atoms with Gasteiger partial charge in [-0.1, -0.05) is 19.4 Å². The van der Waals surface area contributed by atoms with Crippen molar-refractivity contribution in [3.05, 3.63) is 47.8 Å². The van der Waals surface area contributed by atoms with E-state index in [1.807, 2.05) is 6.92 Å². The van der Waals surface area contributed by atoms with Gasteiger partial charge in [0.05, 0.1) is 5.56 Å². The first-order valence-electron chi connectivity index (χ1n) is 7.31. The first-order valence-corrected chi connectivity index (χ1v) is 7.31. The Balaban J connectivity index is 2.09. The van der Waals surface area contributed by atoms with Crippen molar-refractivity contribution in [3.8, 4) is 0 Å². The summed E-state index contributed by atoms with van der Waals surface area (Å²) in [5, 5.41) is 2.47. The standard InChI is InChI=1S/C16H18F2N4O/c1-3-4-8-22(2)15(23)11-9-19-16(20-10-11)21-14-12(17)6-5-7-13(14)18/h5-7,9-10H,3-4,8H2,1-2H3,(H,19,20,21). The fraction of sp³-hybridized carbons (Fsp3) is 0.312. The summed E-state index contributed by atoms with van der Waals surface area (Å²) < 4.78 is 27.1. The third-order valence-corrected chi connectivity index (χ3v) is 3.29. The maximum atomic E-state index is 13.5. The van der Waals surface area contributed by atoms with Crippen LogP contribution in [0.25, 0.3) is 0 Å². The maximum Gasteiger partial charge on any atom is 0.256 e. The molecule has 0 spiro atoms. The summed E-state index contributed by atoms with van der Waals surface area (Å²) in [5.41, 5.74) is -0.00482. The van der Waals surface area contributed by atoms with Gasteiger partial charge in [-0.2, -0.15) is 0 Å². The summed E-state index contributed by atoms with van der Waals surface area (Å²) in [6.07, 6.45) is 4.57. The molecule has 1 amide bonds. The zero-order valence-electron chi connectivity index (χ0n) is 13.0. The van der Waals surface area contributed by atoms with Gasteiger partial charge in [0.25, 0.3) is 5.91 Å². The van der Waals surface area contributed by atoms with Crippen LogP contribution in [0.3, 0.4) is 0 Å². The molecule has 0 saturated heterocycles. The Morgan fingerprint density at radius 1 is 1.22 bits per heavy atom. The number of halogens is 2. The van der Waals surface area contributed by atoms with Crippen LogP contribution in [-0.2, 0) is 0 Å². The van der Waals surface area contributed by atoms with Crippen molar-refractivity contribution in [2.75, 3.05) is 18.9 Å². The van der Waals surface area contributed by atoms with E-state index >= 15 is 0 Å². The summed E-state index contributed by atoms with van der Waals surface area (Å²) in [6.45, 7) is 2.69. The summed E-state index contributed by atoms with van der Waals surface area (Å²) >= 11 is 0. The van der Waals surface area contributed by atoms with E-state index in [0.717, 1.165) is 25.0 Å². The van der Waals surface area contributed by atoms with Crippen LogP contribution in [0.1, 0.15) is 30.1 Å². The maximum absolute atomic E-state index is 13.5. The lowest BCUT2D eigenvalue weighted by Gasteiger charge is -2.16. The van der Waals surface area contributed by atoms with Gasteiger partial charge in [0.15, 0.2) is 0 Å². The van der Waals surface area contributed by atoms with Gasteiger partial charge in [-0.15, -0.1) is 0 Å². The highest BCUT2D eigenvalue weighted by molar-refractivity contribution is 5.93. The lowest BCUT2D eigenvalue weighted by atomic mass is 10.2. The van der Waals surface area contributed by atoms with Crippen molar-refractivity contribution < 1.29 is 13.6 Å². The lowest BCUT2D eigenvalue weighted by Crippen LogP contribution is -2.27. The van der Waals surface area contributed by atoms with Crippen LogP contribution in [0.2, 0.25) is 0 Å². The van der Waals surface area contributed by atoms with Crippen molar-refractivity contribution in [3.63, 3.8) is 0 Å². The third kappa shape index (κ3) is 4.21. The van der Waals surface area contributed by atoms with Crippen LogP contribution >= 0.6 is 0 Å². The Morgan fingerprint density at radius 2 is 1.83 bits per heavy atom. The van der Waals surface area contributed by atoms with Gasteiger partial charge in [-0.25, -0.2) is 18.7 Å². The molecule has 5 nitrogen and oxygen atoms in total. The molecule has 1 aromatic carbocycles. The van der Waals surface area contributed by atoms with Crippen molar-refractivity contribution in [2.24, 2.45) is 0 Å². The van der Waals surface area contributed by atoms with E-state index in [0.29, 0.717) is 12.1 Å². The van der Waals surface area contributed by atoms with E-state index in [1.165, 1.54) is 18.5 Å². The molecule has 0 bridgehead atoms. The minimum atomic E-state index is -0.743. The van der Waals surface area contributed by atoms with Gasteiger partial charge in [-0.3, -0.25) is 4.79 Å². The number of amides is 1. The third-order valence-electron chi connectivity index (χ3n) is 3.29. The van der Waals surface area contributed by atoms with Gasteiger partial charge in [-0.05, 0) is 18.6 Å². The number of aromatic nitrogens is 2. The predicted molar refractivity (Wildman–Crippen MR) is 83.5 cm³/mol. The molecule has 0 atom stereocenters. The summed E-state index contributed by atoms with van der Waals surface area (Å²) in [6, 6.07) is 3.53. The summed E-state index contributed by atoms with van der Waals surface area (Å²) in [7, 11) is 1.71. The molecule has 2 aromatic rings. The Kier molecular flexibility index (Phi) is 5.56. The molecule has 0 fully saturated rings. The SMILES string of the molecule is CCCCN(C)C(=O)c1cnc(Nc2c(F)cccc2F)nc1. The largest absolute Gasteiger partial charge is 0.342 e. The molecule has 7 heteroatoms. The second kappa shape index (κ2) is 7.62. The first kappa shape index (κ1) is 16.8. The van der Waals surface area contributed by atoms with Crippen LogP contribution < -0.4 is 5.32 Å². The van der Waals surface area contributed by atoms with Crippen molar-refractivity contribution in [1.29, 1.82) is 0 Å². The molecule has 0 aliphatic heterocycles. The molecule has 23 heavy (non-hydrogen) atoms. The van der Waals surface area contributed by atoms with Crippen LogP contribution in [0.5, 0.6) is 0 Å². The highest BCUT2D eigenvalue weighted by Crippen LogP contribution is 2.21. The van der Waals surface area contributed by atoms with Gasteiger partial charge < -0.3 is 10.2 Å². The smallest absolute Gasteiger partial charge is 0.256 e. The van der Waals surface area contributed by atoms with Gasteiger partial charge in [0.1, 0.15) is 17.3 Å². The molecule has 0 radical (unpaired) electrons. The second-order valence-corrected chi connectivity index (χ2v) is 5.10. The van der Waals surface area contributed by atoms with Crippen LogP contribution in [0.15, 0.2) is 30.6 Å². The van der Waals surface area contributed by atoms with Crippen molar-refractivity contribution in [1.82, 2.24) is 14.9 Å². The van der Waals surface area contributed by atoms with Crippen molar-refractivity contribution >= 4 is 17.5 Å². The number of hydrogen-bond acceptors (Lipinski definition) is 4. The first-order chi connectivity index (χ1) is 11.0. The molecular formula is C16H18F2N4O. The summed E-state index contributed by atoms with van der Waals surface area (Å²) in [5.74, 6) is -1.66. The number of anilines is 2. The second-order valence-electron chi connectivity index (χ2n) is 5.10. The Bertz CT molecular complexity index is 656. The van der Waals surface area contributed by atoms with E-state index in [2.05, 4.69) is 15.3 Å². The van der Waals surface area contributed by atoms with E-state index in [-0.39, 0.29) is 17.5 Å². The number of nitrogens with one attached hydrogen (secondary N) is 1. The minimum Gasteiger partial charge on any atom is -0.342 e. The lowest BCUT2D eigenvalue weighted by molar-refractivity contribution is 0.0792. The molecule has 1 N–H and O–H groups in total. The highest BCUT2D eigenvalue weighted by Gasteiger charge is 2.13. The fourth-order valence-electron chi connectivity index (χ4n) is 1.95. The minimum absolute atomic E-state index is 0.0155. The van der Waals surface area contributed by atoms with E-state index in [1.54, 1.807) is 11.9 Å². The highest BCUT2D eigenvalue weighted by atomic mass is 19.1. The monoisotopic (exact) mass is 320 g/mol. The van der Waals surface area contributed by atoms with Crippen LogP contribution in [0.4, 0.5) is 20.4 Å². The molecule has 1 heterocycles. The van der Waals surface area contributed by atoms with E-state index in [4.69, 9.17) is 0 Å². The normalized spacial score (nSPS) is 10.4. The molecule has 0 saturated carbocycles. The fourth-order valence-corrected chi connectivity index (χ4v) is 1.95. The number of carbonyl (C=O) groups excluding carboxylic acids is 1. The quantitative estimate of drug-likeness (QED) is 0.886. The molecule has 1 aromatic heterocycles. The number of unbranched alkanes of at least 4 members (excludes halogenated alkanes) is 1. The zero-order valence-corrected chi connectivity index (χ0v) is 13.0. The van der Waals surface area contributed by atoms with Gasteiger partial charge in [0.2, 0.25) is 5.95 Å². The zero-order chi connectivity index (χ0) is 16.8. The Morgan fingerprint density at radius 3 is 2.39 bits per heavy atom. The molecular weight excluding hydrogens is 302 g/mol. The number of carbonyl (C=O) groups is 1. The number of benzene rings is 1. The average Bonchev–Trinajstić information content (AvgIpc) is 2.56. The van der Waals surface area contributed by atoms with Crippen LogP contribution in [0, 0.1) is 11.6 Å². The number of nitrogens with zero attached hydrogens (tertiary/aromatic N) is 3. The molecule has 0 unspecified atom stereocenters. The van der Waals surface area contributed by atoms with E-state index in [9.17, 15) is 13.6 Å². The summed E-state index contributed by atoms with van der Waals surface area (Å²) in [4.78, 5) is 21.6. The van der Waals surface area contributed by atoms with Crippen LogP contribution in [-0.4, -0.2) is 34.4 Å².